The van der Waals surface area contributed by atoms with Crippen LogP contribution in [0.25, 0.3) is 0 Å². The molecular weight excluding hydrogens is 204 g/mol. The number of hydrogen-bond acceptors (Lipinski definition) is 3. The zero-order valence-electron chi connectivity index (χ0n) is 9.79. The van der Waals surface area contributed by atoms with E-state index in [1.807, 2.05) is 20.2 Å². The molecule has 2 heterocycles. The molecule has 1 atom stereocenters. The first-order valence-corrected chi connectivity index (χ1v) is 5.72. The standard InChI is InChI=1S/C11H18N4O/c1-3-11(6-4-7-12-11)10(16)13-9-5-8-15(2)14-9/h5,8,12H,3-4,6-7H2,1-2H3,(H,13,14,16). The summed E-state index contributed by atoms with van der Waals surface area (Å²) in [5.74, 6) is 0.653. The first kappa shape index (κ1) is 11.1. The van der Waals surface area contributed by atoms with Crippen LogP contribution in [-0.2, 0) is 11.8 Å². The Morgan fingerprint density at radius 2 is 2.56 bits per heavy atom. The maximum atomic E-state index is 12.2. The van der Waals surface area contributed by atoms with Crippen molar-refractivity contribution in [3.63, 3.8) is 0 Å². The van der Waals surface area contributed by atoms with E-state index in [2.05, 4.69) is 15.7 Å². The summed E-state index contributed by atoms with van der Waals surface area (Å²) in [4.78, 5) is 12.2. The Kier molecular flexibility index (Phi) is 2.96. The molecule has 1 unspecified atom stereocenters. The Bertz CT molecular complexity index is 379. The molecule has 0 bridgehead atoms. The Morgan fingerprint density at radius 3 is 3.06 bits per heavy atom. The second-order valence-electron chi connectivity index (χ2n) is 4.29. The van der Waals surface area contributed by atoms with E-state index in [4.69, 9.17) is 0 Å². The van der Waals surface area contributed by atoms with E-state index in [1.54, 1.807) is 10.7 Å². The number of carbonyl (C=O) groups is 1. The first-order valence-electron chi connectivity index (χ1n) is 5.72. The van der Waals surface area contributed by atoms with Crippen molar-refractivity contribution in [3.8, 4) is 0 Å². The zero-order valence-corrected chi connectivity index (χ0v) is 9.79. The molecule has 1 aliphatic heterocycles. The summed E-state index contributed by atoms with van der Waals surface area (Å²) in [5.41, 5.74) is -0.391. The summed E-state index contributed by atoms with van der Waals surface area (Å²) in [6, 6.07) is 1.80. The van der Waals surface area contributed by atoms with E-state index < -0.39 is 5.54 Å². The van der Waals surface area contributed by atoms with Gasteiger partial charge in [-0.1, -0.05) is 6.92 Å². The summed E-state index contributed by atoms with van der Waals surface area (Å²) < 4.78 is 1.68. The van der Waals surface area contributed by atoms with Crippen LogP contribution in [-0.4, -0.2) is 27.8 Å². The third kappa shape index (κ3) is 1.95. The summed E-state index contributed by atoms with van der Waals surface area (Å²) in [5, 5.41) is 10.3. The molecule has 1 fully saturated rings. The van der Waals surface area contributed by atoms with E-state index in [0.717, 1.165) is 25.8 Å². The second-order valence-corrected chi connectivity index (χ2v) is 4.29. The summed E-state index contributed by atoms with van der Waals surface area (Å²) in [7, 11) is 1.83. The number of hydrogen-bond donors (Lipinski definition) is 2. The van der Waals surface area contributed by atoms with Crippen molar-refractivity contribution in [2.45, 2.75) is 31.7 Å². The lowest BCUT2D eigenvalue weighted by molar-refractivity contribution is -0.122. The molecule has 1 aromatic heterocycles. The van der Waals surface area contributed by atoms with Crippen molar-refractivity contribution in [2.75, 3.05) is 11.9 Å². The minimum Gasteiger partial charge on any atom is -0.308 e. The average molecular weight is 222 g/mol. The maximum absolute atomic E-state index is 12.2. The van der Waals surface area contributed by atoms with Gasteiger partial charge in [-0.25, -0.2) is 0 Å². The molecule has 16 heavy (non-hydrogen) atoms. The third-order valence-corrected chi connectivity index (χ3v) is 3.24. The molecule has 1 aliphatic rings. The fourth-order valence-electron chi connectivity index (χ4n) is 2.18. The van der Waals surface area contributed by atoms with Crippen LogP contribution in [0.15, 0.2) is 12.3 Å². The predicted molar refractivity (Wildman–Crippen MR) is 62.1 cm³/mol. The number of carbonyl (C=O) groups excluding carboxylic acids is 1. The number of anilines is 1. The highest BCUT2D eigenvalue weighted by molar-refractivity contribution is 5.97. The molecule has 0 aromatic carbocycles. The molecule has 0 spiro atoms. The quantitative estimate of drug-likeness (QED) is 0.798. The lowest BCUT2D eigenvalue weighted by Crippen LogP contribution is -2.50. The number of aromatic nitrogens is 2. The maximum Gasteiger partial charge on any atom is 0.245 e. The minimum atomic E-state index is -0.391. The van der Waals surface area contributed by atoms with E-state index >= 15 is 0 Å². The Balaban J connectivity index is 2.07. The highest BCUT2D eigenvalue weighted by Gasteiger charge is 2.39. The van der Waals surface area contributed by atoms with Crippen molar-refractivity contribution in [2.24, 2.45) is 7.05 Å². The van der Waals surface area contributed by atoms with Gasteiger partial charge in [-0.3, -0.25) is 9.48 Å². The monoisotopic (exact) mass is 222 g/mol. The molecule has 1 saturated heterocycles. The van der Waals surface area contributed by atoms with Crippen molar-refractivity contribution >= 4 is 11.7 Å². The van der Waals surface area contributed by atoms with Crippen LogP contribution in [0, 0.1) is 0 Å². The fourth-order valence-corrected chi connectivity index (χ4v) is 2.18. The van der Waals surface area contributed by atoms with Gasteiger partial charge in [0.2, 0.25) is 5.91 Å². The van der Waals surface area contributed by atoms with Crippen LogP contribution >= 0.6 is 0 Å². The molecule has 88 valence electrons. The molecular formula is C11H18N4O. The van der Waals surface area contributed by atoms with Gasteiger partial charge in [0.05, 0.1) is 5.54 Å². The fraction of sp³-hybridized carbons (Fsp3) is 0.636. The second kappa shape index (κ2) is 4.25. The highest BCUT2D eigenvalue weighted by atomic mass is 16.2. The van der Waals surface area contributed by atoms with Crippen LogP contribution in [0.1, 0.15) is 26.2 Å². The number of nitrogens with zero attached hydrogens (tertiary/aromatic N) is 2. The summed E-state index contributed by atoms with van der Waals surface area (Å²) in [6.07, 6.45) is 4.59. The average Bonchev–Trinajstić information content (AvgIpc) is 2.88. The van der Waals surface area contributed by atoms with Crippen LogP contribution in [0.2, 0.25) is 0 Å². The highest BCUT2D eigenvalue weighted by Crippen LogP contribution is 2.24. The van der Waals surface area contributed by atoms with Gasteiger partial charge in [-0.15, -0.1) is 0 Å². The Morgan fingerprint density at radius 1 is 1.75 bits per heavy atom. The SMILES string of the molecule is CCC1(C(=O)Nc2ccn(C)n2)CCCN1. The van der Waals surface area contributed by atoms with Crippen molar-refractivity contribution in [3.05, 3.63) is 12.3 Å². The zero-order chi connectivity index (χ0) is 11.6. The number of nitrogens with one attached hydrogen (secondary N) is 2. The molecule has 0 aliphatic carbocycles. The topological polar surface area (TPSA) is 59.0 Å². The van der Waals surface area contributed by atoms with Gasteiger partial charge < -0.3 is 10.6 Å². The predicted octanol–water partition coefficient (Wildman–Crippen LogP) is 0.891. The van der Waals surface area contributed by atoms with E-state index in [0.29, 0.717) is 5.82 Å². The summed E-state index contributed by atoms with van der Waals surface area (Å²) >= 11 is 0. The molecule has 0 saturated carbocycles. The molecule has 1 aromatic rings. The van der Waals surface area contributed by atoms with Crippen LogP contribution in [0.5, 0.6) is 0 Å². The minimum absolute atomic E-state index is 0.0335. The first-order chi connectivity index (χ1) is 7.66. The normalized spacial score (nSPS) is 24.6. The molecule has 2 rings (SSSR count). The Hall–Kier alpha value is -1.36. The number of aryl methyl sites for hydroxylation is 1. The van der Waals surface area contributed by atoms with Crippen molar-refractivity contribution in [1.82, 2.24) is 15.1 Å². The lowest BCUT2D eigenvalue weighted by Gasteiger charge is -2.26. The van der Waals surface area contributed by atoms with E-state index in [9.17, 15) is 4.79 Å². The number of rotatable bonds is 3. The number of amides is 1. The Labute approximate surface area is 95.2 Å². The molecule has 5 nitrogen and oxygen atoms in total. The molecule has 2 N–H and O–H groups in total. The van der Waals surface area contributed by atoms with Gasteiger partial charge in [-0.05, 0) is 25.8 Å². The largest absolute Gasteiger partial charge is 0.308 e. The van der Waals surface area contributed by atoms with Gasteiger partial charge in [-0.2, -0.15) is 5.10 Å². The van der Waals surface area contributed by atoms with Crippen LogP contribution < -0.4 is 10.6 Å². The summed E-state index contributed by atoms with van der Waals surface area (Å²) in [6.45, 7) is 2.96. The van der Waals surface area contributed by atoms with Crippen molar-refractivity contribution in [1.29, 1.82) is 0 Å². The van der Waals surface area contributed by atoms with Gasteiger partial charge in [0.25, 0.3) is 0 Å². The van der Waals surface area contributed by atoms with Gasteiger partial charge in [0, 0.05) is 19.3 Å². The van der Waals surface area contributed by atoms with Crippen LogP contribution in [0.4, 0.5) is 5.82 Å². The third-order valence-electron chi connectivity index (χ3n) is 3.24. The molecule has 0 radical (unpaired) electrons. The molecule has 5 heteroatoms. The molecule has 1 amide bonds. The van der Waals surface area contributed by atoms with Crippen LogP contribution in [0.3, 0.4) is 0 Å². The van der Waals surface area contributed by atoms with Gasteiger partial charge in [0.15, 0.2) is 5.82 Å². The van der Waals surface area contributed by atoms with Gasteiger partial charge in [0.1, 0.15) is 0 Å². The van der Waals surface area contributed by atoms with Gasteiger partial charge >= 0.3 is 0 Å². The lowest BCUT2D eigenvalue weighted by atomic mass is 9.93. The van der Waals surface area contributed by atoms with E-state index in [1.165, 1.54) is 0 Å². The van der Waals surface area contributed by atoms with Crippen molar-refractivity contribution < 1.29 is 4.79 Å². The smallest absolute Gasteiger partial charge is 0.245 e. The van der Waals surface area contributed by atoms with E-state index in [-0.39, 0.29) is 5.91 Å².